The van der Waals surface area contributed by atoms with Gasteiger partial charge in [0.15, 0.2) is 11.5 Å². The van der Waals surface area contributed by atoms with Crippen LogP contribution in [-0.4, -0.2) is 23.4 Å². The van der Waals surface area contributed by atoms with E-state index in [0.717, 1.165) is 41.7 Å². The second-order valence-electron chi connectivity index (χ2n) is 10.8. The van der Waals surface area contributed by atoms with Crippen LogP contribution in [0.5, 0.6) is 11.5 Å². The number of amides is 1. The molecule has 6 rings (SSSR count). The number of carbonyl (C=O) groups is 1. The van der Waals surface area contributed by atoms with Crippen molar-refractivity contribution in [2.45, 2.75) is 75.6 Å². The quantitative estimate of drug-likeness (QED) is 0.548. The van der Waals surface area contributed by atoms with Crippen LogP contribution in [0.2, 0.25) is 0 Å². The fourth-order valence-electron chi connectivity index (χ4n) is 7.12. The Labute approximate surface area is 188 Å². The average molecular weight is 476 g/mol. The summed E-state index contributed by atoms with van der Waals surface area (Å²) in [6, 6.07) is 6.12. The topological polar surface area (TPSA) is 47.6 Å². The molecule has 0 spiro atoms. The molecule has 0 aromatic heterocycles. The lowest BCUT2D eigenvalue weighted by Gasteiger charge is -2.60. The van der Waals surface area contributed by atoms with Crippen molar-refractivity contribution in [2.75, 3.05) is 13.2 Å². The first-order valence-corrected chi connectivity index (χ1v) is 12.5. The van der Waals surface area contributed by atoms with Crippen molar-refractivity contribution in [1.29, 1.82) is 0 Å². The van der Waals surface area contributed by atoms with E-state index in [0.29, 0.717) is 29.9 Å². The zero-order valence-electron chi connectivity index (χ0n) is 18.2. The first kappa shape index (κ1) is 20.7. The van der Waals surface area contributed by atoms with Gasteiger partial charge in [-0.15, -0.1) is 0 Å². The van der Waals surface area contributed by atoms with Crippen LogP contribution >= 0.6 is 15.9 Å². The number of fused-ring (bicyclic) bond motifs is 1. The van der Waals surface area contributed by atoms with E-state index in [4.69, 9.17) is 9.47 Å². The van der Waals surface area contributed by atoms with Gasteiger partial charge in [-0.3, -0.25) is 4.79 Å². The lowest BCUT2D eigenvalue weighted by molar-refractivity contribution is -0.129. The molecule has 164 valence electrons. The van der Waals surface area contributed by atoms with Crippen LogP contribution in [0.15, 0.2) is 18.2 Å². The van der Waals surface area contributed by atoms with Gasteiger partial charge in [0.2, 0.25) is 5.91 Å². The summed E-state index contributed by atoms with van der Waals surface area (Å²) in [6.45, 7) is 5.71. The second kappa shape index (κ2) is 7.72. The number of nitrogens with one attached hydrogen (secondary N) is 1. The Balaban J connectivity index is 1.31. The third-order valence-corrected chi connectivity index (χ3v) is 8.69. The molecule has 5 heteroatoms. The van der Waals surface area contributed by atoms with Gasteiger partial charge >= 0.3 is 0 Å². The molecule has 4 bridgehead atoms. The van der Waals surface area contributed by atoms with E-state index in [1.165, 1.54) is 32.1 Å². The minimum Gasteiger partial charge on any atom is -0.490 e. The number of ether oxygens (including phenoxy) is 2. The van der Waals surface area contributed by atoms with Crippen molar-refractivity contribution in [3.63, 3.8) is 0 Å². The molecule has 0 radical (unpaired) electrons. The summed E-state index contributed by atoms with van der Waals surface area (Å²) in [6.07, 6.45) is 9.19. The third kappa shape index (κ3) is 3.99. The zero-order chi connectivity index (χ0) is 20.9. The van der Waals surface area contributed by atoms with Crippen molar-refractivity contribution < 1.29 is 14.3 Å². The predicted molar refractivity (Wildman–Crippen MR) is 121 cm³/mol. The van der Waals surface area contributed by atoms with E-state index in [9.17, 15) is 4.79 Å². The van der Waals surface area contributed by atoms with Crippen LogP contribution in [0, 0.1) is 23.2 Å². The molecule has 4 aliphatic carbocycles. The molecule has 5 aliphatic rings. The normalized spacial score (nSPS) is 35.2. The Morgan fingerprint density at radius 3 is 2.50 bits per heavy atom. The Hall–Kier alpha value is -1.23. The molecule has 1 heterocycles. The number of halogens is 1. The Morgan fingerprint density at radius 2 is 1.83 bits per heavy atom. The SMILES string of the molecule is CC(C)[C@H](NC(=O)CC12C[C@H]3C[C@@H](CC(Br)(C3)C1)C2)c1ccc2c(c1)OCCCO2. The van der Waals surface area contributed by atoms with Crippen molar-refractivity contribution in [3.05, 3.63) is 23.8 Å². The summed E-state index contributed by atoms with van der Waals surface area (Å²) in [5.74, 6) is 3.73. The van der Waals surface area contributed by atoms with Crippen molar-refractivity contribution in [1.82, 2.24) is 5.32 Å². The minimum atomic E-state index is -0.0125. The van der Waals surface area contributed by atoms with E-state index in [2.05, 4.69) is 47.2 Å². The smallest absolute Gasteiger partial charge is 0.221 e. The molecule has 4 nitrogen and oxygen atoms in total. The highest BCUT2D eigenvalue weighted by molar-refractivity contribution is 9.10. The molecule has 0 saturated heterocycles. The fourth-order valence-corrected chi connectivity index (χ4v) is 8.63. The number of benzene rings is 1. The number of rotatable bonds is 5. The van der Waals surface area contributed by atoms with E-state index in [1.54, 1.807) is 0 Å². The maximum absolute atomic E-state index is 13.3. The van der Waals surface area contributed by atoms with Crippen molar-refractivity contribution in [3.8, 4) is 11.5 Å². The van der Waals surface area contributed by atoms with E-state index in [-0.39, 0.29) is 17.4 Å². The molecule has 1 aliphatic heterocycles. The molecule has 1 aromatic rings. The van der Waals surface area contributed by atoms with Gasteiger partial charge in [-0.05, 0) is 79.4 Å². The van der Waals surface area contributed by atoms with Crippen LogP contribution in [0.3, 0.4) is 0 Å². The van der Waals surface area contributed by atoms with Gasteiger partial charge in [-0.1, -0.05) is 35.8 Å². The molecule has 30 heavy (non-hydrogen) atoms. The Morgan fingerprint density at radius 1 is 1.13 bits per heavy atom. The van der Waals surface area contributed by atoms with Gasteiger partial charge in [0, 0.05) is 17.2 Å². The number of carbonyl (C=O) groups excluding carboxylic acids is 1. The van der Waals surface area contributed by atoms with E-state index in [1.807, 2.05) is 6.07 Å². The second-order valence-corrected chi connectivity index (χ2v) is 12.5. The monoisotopic (exact) mass is 475 g/mol. The van der Waals surface area contributed by atoms with Gasteiger partial charge in [0.25, 0.3) is 0 Å². The first-order chi connectivity index (χ1) is 14.3. The maximum atomic E-state index is 13.3. The Bertz CT molecular complexity index is 809. The highest BCUT2D eigenvalue weighted by Gasteiger charge is 2.57. The van der Waals surface area contributed by atoms with Crippen LogP contribution in [-0.2, 0) is 4.79 Å². The van der Waals surface area contributed by atoms with Gasteiger partial charge in [-0.2, -0.15) is 0 Å². The van der Waals surface area contributed by atoms with Gasteiger partial charge in [0.05, 0.1) is 19.3 Å². The fraction of sp³-hybridized carbons (Fsp3) is 0.720. The molecule has 3 atom stereocenters. The largest absolute Gasteiger partial charge is 0.490 e. The summed E-state index contributed by atoms with van der Waals surface area (Å²) in [4.78, 5) is 13.3. The Kier molecular flexibility index (Phi) is 5.32. The number of hydrogen-bond acceptors (Lipinski definition) is 3. The van der Waals surface area contributed by atoms with Gasteiger partial charge in [-0.25, -0.2) is 0 Å². The molecule has 1 amide bonds. The number of alkyl halides is 1. The molecule has 0 unspecified atom stereocenters. The van der Waals surface area contributed by atoms with Crippen molar-refractivity contribution >= 4 is 21.8 Å². The van der Waals surface area contributed by atoms with Crippen LogP contribution in [0.25, 0.3) is 0 Å². The summed E-state index contributed by atoms with van der Waals surface area (Å²) in [5, 5.41) is 3.39. The summed E-state index contributed by atoms with van der Waals surface area (Å²) in [7, 11) is 0. The van der Waals surface area contributed by atoms with Crippen molar-refractivity contribution in [2.24, 2.45) is 23.2 Å². The predicted octanol–water partition coefficient (Wildman–Crippen LogP) is 5.79. The van der Waals surface area contributed by atoms with Gasteiger partial charge < -0.3 is 14.8 Å². The highest BCUT2D eigenvalue weighted by atomic mass is 79.9. The molecule has 4 fully saturated rings. The molecule has 4 saturated carbocycles. The van der Waals surface area contributed by atoms with E-state index < -0.39 is 0 Å². The molecular weight excluding hydrogens is 442 g/mol. The summed E-state index contributed by atoms with van der Waals surface area (Å²) < 4.78 is 12.0. The lowest BCUT2D eigenvalue weighted by Crippen LogP contribution is -2.54. The zero-order valence-corrected chi connectivity index (χ0v) is 19.8. The summed E-state index contributed by atoms with van der Waals surface area (Å²) >= 11 is 4.08. The minimum absolute atomic E-state index is 0.0125. The molecule has 1 N–H and O–H groups in total. The van der Waals surface area contributed by atoms with Crippen LogP contribution in [0.1, 0.15) is 76.8 Å². The van der Waals surface area contributed by atoms with E-state index >= 15 is 0 Å². The van der Waals surface area contributed by atoms with Gasteiger partial charge in [0.1, 0.15) is 0 Å². The molecular formula is C25H34BrNO3. The van der Waals surface area contributed by atoms with Crippen LogP contribution in [0.4, 0.5) is 0 Å². The summed E-state index contributed by atoms with van der Waals surface area (Å²) in [5.41, 5.74) is 1.30. The molecule has 1 aromatic carbocycles. The third-order valence-electron chi connectivity index (χ3n) is 7.76. The first-order valence-electron chi connectivity index (χ1n) is 11.7. The standard InChI is InChI=1S/C25H34BrNO3/c1-16(2)23(19-4-5-20-21(9-19)30-7-3-6-29-20)27-22(28)14-24-10-17-8-18(11-24)13-25(26,12-17)15-24/h4-5,9,16-18,23H,3,6-8,10-15H2,1-2H3,(H,27,28)/t17-,18-,23+,24?,25?/m1/s1. The highest BCUT2D eigenvalue weighted by Crippen LogP contribution is 2.65. The average Bonchev–Trinajstić information content (AvgIpc) is 2.88. The maximum Gasteiger partial charge on any atom is 0.221 e. The lowest BCUT2D eigenvalue weighted by atomic mass is 9.48. The number of hydrogen-bond donors (Lipinski definition) is 1. The van der Waals surface area contributed by atoms with Crippen LogP contribution < -0.4 is 14.8 Å².